The third-order valence-corrected chi connectivity index (χ3v) is 7.11. The average Bonchev–Trinajstić information content (AvgIpc) is 3.35. The number of nitrogens with zero attached hydrogens (tertiary/aromatic N) is 2. The zero-order valence-electron chi connectivity index (χ0n) is 22.2. The van der Waals surface area contributed by atoms with E-state index in [4.69, 9.17) is 19.3 Å². The largest absolute Gasteiger partial charge is 0.497 e. The summed E-state index contributed by atoms with van der Waals surface area (Å²) in [5, 5.41) is 6.70. The molecule has 3 aromatic rings. The van der Waals surface area contributed by atoms with Crippen molar-refractivity contribution in [3.63, 3.8) is 0 Å². The number of carbonyl (C=O) groups excluding carboxylic acids is 1. The number of hydrogen-bond donors (Lipinski definition) is 0. The van der Waals surface area contributed by atoms with Gasteiger partial charge in [-0.25, -0.2) is 5.01 Å². The fourth-order valence-electron chi connectivity index (χ4n) is 5.32. The van der Waals surface area contributed by atoms with E-state index in [1.807, 2.05) is 50.2 Å². The number of amides is 1. The number of carbonyl (C=O) groups is 1. The summed E-state index contributed by atoms with van der Waals surface area (Å²) < 4.78 is 16.5. The van der Waals surface area contributed by atoms with Crippen molar-refractivity contribution >= 4 is 17.7 Å². The minimum absolute atomic E-state index is 0.117. The lowest BCUT2D eigenvalue weighted by Crippen LogP contribution is -2.31. The lowest BCUT2D eigenvalue weighted by molar-refractivity contribution is 0.0681. The van der Waals surface area contributed by atoms with Crippen LogP contribution in [0.2, 0.25) is 0 Å². The lowest BCUT2D eigenvalue weighted by Gasteiger charge is -2.30. The monoisotopic (exact) mass is 510 g/mol. The van der Waals surface area contributed by atoms with Gasteiger partial charge in [-0.05, 0) is 104 Å². The van der Waals surface area contributed by atoms with Crippen molar-refractivity contribution in [1.29, 1.82) is 0 Å². The summed E-state index contributed by atoms with van der Waals surface area (Å²) in [5.41, 5.74) is 4.93. The molecule has 0 spiro atoms. The highest BCUT2D eigenvalue weighted by atomic mass is 16.5. The molecule has 0 aromatic heterocycles. The van der Waals surface area contributed by atoms with Crippen molar-refractivity contribution in [3.05, 3.63) is 95.1 Å². The van der Waals surface area contributed by atoms with Gasteiger partial charge in [-0.2, -0.15) is 5.10 Å². The molecular weight excluding hydrogens is 476 g/mol. The molecule has 0 N–H and O–H groups in total. The van der Waals surface area contributed by atoms with Crippen molar-refractivity contribution in [2.75, 3.05) is 20.3 Å². The van der Waals surface area contributed by atoms with Gasteiger partial charge in [0.05, 0.1) is 32.1 Å². The molecule has 1 saturated carbocycles. The van der Waals surface area contributed by atoms with Gasteiger partial charge in [0.15, 0.2) is 0 Å². The fraction of sp³-hybridized carbons (Fsp3) is 0.312. The summed E-state index contributed by atoms with van der Waals surface area (Å²) in [7, 11) is 1.62. The average molecular weight is 511 g/mol. The van der Waals surface area contributed by atoms with E-state index in [9.17, 15) is 4.79 Å². The number of ether oxygens (including phenoxy) is 3. The Hall–Kier alpha value is -4.06. The van der Waals surface area contributed by atoms with Crippen LogP contribution in [-0.4, -0.2) is 37.0 Å². The van der Waals surface area contributed by atoms with Crippen molar-refractivity contribution in [2.45, 2.75) is 39.2 Å². The second kappa shape index (κ2) is 11.5. The standard InChI is InChI=1S/C32H34N2O4/c1-4-37-27-15-9-22(10-16-27)21-25-7-6-8-29-30(25)33-34(32(35)24-13-17-26(36-3)18-14-24)31(29)23-11-19-28(20-12-23)38-5-2/h9-21,29,31H,4-8H2,1-3H3/b25-21+/t29-,31-/m0/s1. The molecule has 0 radical (unpaired) electrons. The molecule has 0 bridgehead atoms. The highest BCUT2D eigenvalue weighted by Crippen LogP contribution is 2.45. The summed E-state index contributed by atoms with van der Waals surface area (Å²) in [6.07, 6.45) is 5.16. The lowest BCUT2D eigenvalue weighted by atomic mass is 9.77. The molecule has 0 saturated heterocycles. The Kier molecular flexibility index (Phi) is 7.78. The first-order chi connectivity index (χ1) is 18.6. The Morgan fingerprint density at radius 2 is 1.50 bits per heavy atom. The van der Waals surface area contributed by atoms with Crippen molar-refractivity contribution in [3.8, 4) is 17.2 Å². The second-order valence-electron chi connectivity index (χ2n) is 9.48. The Labute approximate surface area is 224 Å². The molecule has 1 heterocycles. The summed E-state index contributed by atoms with van der Waals surface area (Å²) in [4.78, 5) is 13.8. The number of hydrazone groups is 1. The van der Waals surface area contributed by atoms with Gasteiger partial charge in [-0.3, -0.25) is 4.79 Å². The van der Waals surface area contributed by atoms with Crippen molar-refractivity contribution in [1.82, 2.24) is 5.01 Å². The summed E-state index contributed by atoms with van der Waals surface area (Å²) in [5.74, 6) is 2.41. The smallest absolute Gasteiger partial charge is 0.274 e. The quantitative estimate of drug-likeness (QED) is 0.330. The molecule has 2 atom stereocenters. The molecule has 6 heteroatoms. The van der Waals surface area contributed by atoms with Crippen LogP contribution in [0, 0.1) is 5.92 Å². The van der Waals surface area contributed by atoms with Gasteiger partial charge in [0.25, 0.3) is 5.91 Å². The normalized spacial score (nSPS) is 19.6. The maximum absolute atomic E-state index is 13.8. The first-order valence-electron chi connectivity index (χ1n) is 13.3. The summed E-state index contributed by atoms with van der Waals surface area (Å²) in [6, 6.07) is 23.3. The van der Waals surface area contributed by atoms with Crippen LogP contribution in [0.15, 0.2) is 83.5 Å². The SMILES string of the molecule is CCOc1ccc(/C=C2\CCC[C@H]3C2=NN(C(=O)c2ccc(OC)cc2)[C@H]3c2ccc(OCC)cc2)cc1. The molecule has 2 aliphatic rings. The van der Waals surface area contributed by atoms with Gasteiger partial charge in [-0.1, -0.05) is 24.3 Å². The van der Waals surface area contributed by atoms with Gasteiger partial charge in [0, 0.05) is 11.5 Å². The molecule has 38 heavy (non-hydrogen) atoms. The molecule has 5 rings (SSSR count). The minimum atomic E-state index is -0.181. The highest BCUT2D eigenvalue weighted by Gasteiger charge is 2.44. The van der Waals surface area contributed by atoms with Crippen molar-refractivity contribution in [2.24, 2.45) is 11.0 Å². The van der Waals surface area contributed by atoms with Gasteiger partial charge in [0.1, 0.15) is 17.2 Å². The van der Waals surface area contributed by atoms with Crippen LogP contribution in [0.25, 0.3) is 6.08 Å². The van der Waals surface area contributed by atoms with Crippen LogP contribution >= 0.6 is 0 Å². The molecule has 3 aromatic carbocycles. The van der Waals surface area contributed by atoms with Crippen LogP contribution in [0.4, 0.5) is 0 Å². The van der Waals surface area contributed by atoms with Crippen LogP contribution in [0.3, 0.4) is 0 Å². The zero-order valence-corrected chi connectivity index (χ0v) is 22.2. The number of methoxy groups -OCH3 is 1. The first-order valence-corrected chi connectivity index (χ1v) is 13.3. The fourth-order valence-corrected chi connectivity index (χ4v) is 5.32. The highest BCUT2D eigenvalue weighted by molar-refractivity contribution is 6.09. The topological polar surface area (TPSA) is 60.4 Å². The molecule has 1 aliphatic heterocycles. The van der Waals surface area contributed by atoms with E-state index in [0.29, 0.717) is 24.5 Å². The molecular formula is C32H34N2O4. The number of allylic oxidation sites excluding steroid dienone is 1. The minimum Gasteiger partial charge on any atom is -0.497 e. The second-order valence-corrected chi connectivity index (χ2v) is 9.48. The number of fused-ring (bicyclic) bond motifs is 1. The molecule has 6 nitrogen and oxygen atoms in total. The Balaban J connectivity index is 1.51. The number of hydrogen-bond acceptors (Lipinski definition) is 5. The van der Waals surface area contributed by atoms with E-state index in [-0.39, 0.29) is 17.9 Å². The van der Waals surface area contributed by atoms with E-state index in [1.165, 1.54) is 5.57 Å². The van der Waals surface area contributed by atoms with Crippen LogP contribution < -0.4 is 14.2 Å². The van der Waals surface area contributed by atoms with Crippen LogP contribution in [-0.2, 0) is 0 Å². The van der Waals surface area contributed by atoms with E-state index in [1.54, 1.807) is 24.3 Å². The van der Waals surface area contributed by atoms with Crippen LogP contribution in [0.1, 0.15) is 60.6 Å². The van der Waals surface area contributed by atoms with Gasteiger partial charge < -0.3 is 14.2 Å². The third-order valence-electron chi connectivity index (χ3n) is 7.11. The molecule has 1 fully saturated rings. The van der Waals surface area contributed by atoms with Crippen LogP contribution in [0.5, 0.6) is 17.2 Å². The molecule has 1 aliphatic carbocycles. The Bertz CT molecular complexity index is 1310. The van der Waals surface area contributed by atoms with E-state index < -0.39 is 0 Å². The predicted octanol–water partition coefficient (Wildman–Crippen LogP) is 6.93. The summed E-state index contributed by atoms with van der Waals surface area (Å²) >= 11 is 0. The predicted molar refractivity (Wildman–Crippen MR) is 150 cm³/mol. The molecule has 1 amide bonds. The molecule has 0 unspecified atom stereocenters. The van der Waals surface area contributed by atoms with Gasteiger partial charge in [0.2, 0.25) is 0 Å². The van der Waals surface area contributed by atoms with E-state index >= 15 is 0 Å². The zero-order chi connectivity index (χ0) is 26.5. The van der Waals surface area contributed by atoms with Crippen molar-refractivity contribution < 1.29 is 19.0 Å². The van der Waals surface area contributed by atoms with E-state index in [0.717, 1.165) is 47.6 Å². The maximum Gasteiger partial charge on any atom is 0.274 e. The third kappa shape index (κ3) is 5.30. The first kappa shape index (κ1) is 25.6. The Morgan fingerprint density at radius 3 is 2.11 bits per heavy atom. The van der Waals surface area contributed by atoms with Gasteiger partial charge >= 0.3 is 0 Å². The molecule has 196 valence electrons. The number of rotatable bonds is 8. The van der Waals surface area contributed by atoms with Gasteiger partial charge in [-0.15, -0.1) is 0 Å². The number of benzene rings is 3. The Morgan fingerprint density at radius 1 is 0.895 bits per heavy atom. The maximum atomic E-state index is 13.8. The van der Waals surface area contributed by atoms with E-state index in [2.05, 4.69) is 30.3 Å². The summed E-state index contributed by atoms with van der Waals surface area (Å²) in [6.45, 7) is 5.21.